The van der Waals surface area contributed by atoms with Crippen molar-refractivity contribution in [1.29, 1.82) is 10.8 Å². The quantitative estimate of drug-likeness (QED) is 0.143. The molecule has 0 saturated carbocycles. The molecule has 0 aliphatic rings. The third-order valence-corrected chi connectivity index (χ3v) is 3.42. The second kappa shape index (κ2) is 18.1. The van der Waals surface area contributed by atoms with E-state index in [0.717, 1.165) is 23.5 Å². The predicted octanol–water partition coefficient (Wildman–Crippen LogP) is -0.318. The SMILES string of the molecule is Cl.Cl.N=C(N)SCCNC(=O)NCCNC(=O)NCCSC(=N)N. The van der Waals surface area contributed by atoms with E-state index >= 15 is 0 Å². The largest absolute Gasteiger partial charge is 0.379 e. The van der Waals surface area contributed by atoms with Gasteiger partial charge in [-0.15, -0.1) is 24.8 Å². The lowest BCUT2D eigenvalue weighted by Gasteiger charge is -2.09. The van der Waals surface area contributed by atoms with Crippen molar-refractivity contribution in [3.63, 3.8) is 0 Å². The van der Waals surface area contributed by atoms with Crippen LogP contribution in [0.1, 0.15) is 0 Å². The van der Waals surface area contributed by atoms with E-state index in [1.807, 2.05) is 0 Å². The Labute approximate surface area is 161 Å². The highest BCUT2D eigenvalue weighted by molar-refractivity contribution is 8.13. The van der Waals surface area contributed by atoms with Crippen LogP contribution >= 0.6 is 48.3 Å². The Morgan fingerprint density at radius 2 is 1.00 bits per heavy atom. The summed E-state index contributed by atoms with van der Waals surface area (Å²) in [7, 11) is 0. The Bertz CT molecular complexity index is 367. The van der Waals surface area contributed by atoms with Crippen LogP contribution < -0.4 is 32.7 Å². The summed E-state index contributed by atoms with van der Waals surface area (Å²) in [5.41, 5.74) is 10.3. The van der Waals surface area contributed by atoms with Gasteiger partial charge < -0.3 is 32.7 Å². The number of carbonyl (C=O) groups is 2. The topological polar surface area (TPSA) is 182 Å². The number of hydrogen-bond acceptors (Lipinski definition) is 6. The van der Waals surface area contributed by atoms with Crippen molar-refractivity contribution < 1.29 is 9.59 Å². The highest BCUT2D eigenvalue weighted by Crippen LogP contribution is 1.94. The number of hydrogen-bond donors (Lipinski definition) is 8. The Kier molecular flexibility index (Phi) is 20.8. The molecule has 0 unspecified atom stereocenters. The lowest BCUT2D eigenvalue weighted by atomic mass is 10.6. The monoisotopic (exact) mass is 422 g/mol. The Balaban J connectivity index is -0.00000220. The number of carbonyl (C=O) groups excluding carboxylic acids is 2. The number of nitrogens with two attached hydrogens (primary N) is 2. The Hall–Kier alpha value is -1.24. The minimum atomic E-state index is -0.343. The molecule has 0 aliphatic heterocycles. The number of rotatable bonds is 9. The molecule has 24 heavy (non-hydrogen) atoms. The summed E-state index contributed by atoms with van der Waals surface area (Å²) in [6, 6.07) is -0.687. The molecule has 0 bridgehead atoms. The third kappa shape index (κ3) is 20.8. The van der Waals surface area contributed by atoms with Gasteiger partial charge in [0, 0.05) is 37.7 Å². The zero-order chi connectivity index (χ0) is 16.8. The van der Waals surface area contributed by atoms with Crippen LogP contribution in [0.2, 0.25) is 0 Å². The van der Waals surface area contributed by atoms with E-state index in [1.165, 1.54) is 0 Å². The molecule has 10 nitrogen and oxygen atoms in total. The molecule has 0 rings (SSSR count). The molecule has 0 aromatic carbocycles. The second-order valence-corrected chi connectivity index (χ2v) is 6.06. The average Bonchev–Trinajstić information content (AvgIpc) is 2.44. The first-order valence-corrected chi connectivity index (χ1v) is 8.36. The van der Waals surface area contributed by atoms with Gasteiger partial charge in [0.15, 0.2) is 10.3 Å². The number of thioether (sulfide) groups is 2. The van der Waals surface area contributed by atoms with E-state index in [-0.39, 0.29) is 47.2 Å². The van der Waals surface area contributed by atoms with Crippen molar-refractivity contribution in [2.24, 2.45) is 11.5 Å². The van der Waals surface area contributed by atoms with Crippen LogP contribution in [0.4, 0.5) is 9.59 Å². The molecule has 0 aromatic heterocycles. The summed E-state index contributed by atoms with van der Waals surface area (Å²) in [6.45, 7) is 1.39. The zero-order valence-corrected chi connectivity index (χ0v) is 16.1. The number of urea groups is 2. The molecule has 0 saturated heterocycles. The molecule has 0 fully saturated rings. The van der Waals surface area contributed by atoms with E-state index in [4.69, 9.17) is 22.3 Å². The van der Waals surface area contributed by atoms with Gasteiger partial charge in [-0.2, -0.15) is 0 Å². The first kappa shape index (κ1) is 27.6. The van der Waals surface area contributed by atoms with Crippen LogP contribution in [0, 0.1) is 10.8 Å². The van der Waals surface area contributed by atoms with E-state index < -0.39 is 0 Å². The predicted molar refractivity (Wildman–Crippen MR) is 106 cm³/mol. The van der Waals surface area contributed by atoms with Crippen molar-refractivity contribution in [3.8, 4) is 0 Å². The van der Waals surface area contributed by atoms with Crippen LogP contribution in [0.15, 0.2) is 0 Å². The molecule has 0 aromatic rings. The highest BCUT2D eigenvalue weighted by Gasteiger charge is 2.01. The minimum Gasteiger partial charge on any atom is -0.379 e. The van der Waals surface area contributed by atoms with E-state index in [1.54, 1.807) is 0 Å². The van der Waals surface area contributed by atoms with Crippen LogP contribution in [0.3, 0.4) is 0 Å². The van der Waals surface area contributed by atoms with Gasteiger partial charge >= 0.3 is 12.1 Å². The highest BCUT2D eigenvalue weighted by atomic mass is 35.5. The van der Waals surface area contributed by atoms with Crippen LogP contribution in [-0.4, -0.2) is 60.1 Å². The fourth-order valence-electron chi connectivity index (χ4n) is 1.13. The first-order valence-electron chi connectivity index (χ1n) is 6.39. The van der Waals surface area contributed by atoms with Crippen molar-refractivity contribution in [2.75, 3.05) is 37.7 Å². The first-order chi connectivity index (χ1) is 10.4. The standard InChI is InChI=1S/C10H22N8O2S2.2ClH/c11-7(12)21-5-3-17-9(19)15-1-2-16-10(20)18-4-6-22-8(13)14;;/h1-6H2,(H3,11,12)(H3,13,14)(H2,15,17,19)(H2,16,18,20);2*1H. The maximum absolute atomic E-state index is 11.3. The minimum absolute atomic E-state index is 0. The number of halogens is 2. The molecule has 0 heterocycles. The summed E-state index contributed by atoms with van der Waals surface area (Å²) in [5, 5.41) is 24.3. The third-order valence-electron chi connectivity index (χ3n) is 1.99. The molecule has 0 aliphatic carbocycles. The van der Waals surface area contributed by atoms with E-state index in [0.29, 0.717) is 37.7 Å². The fourth-order valence-corrected chi connectivity index (χ4v) is 1.98. The second-order valence-electron chi connectivity index (χ2n) is 3.79. The molecule has 14 heteroatoms. The maximum atomic E-state index is 11.3. The molecule has 4 amide bonds. The zero-order valence-electron chi connectivity index (χ0n) is 12.8. The fraction of sp³-hybridized carbons (Fsp3) is 0.600. The summed E-state index contributed by atoms with van der Waals surface area (Å²) in [6.07, 6.45) is 0. The Morgan fingerprint density at radius 3 is 1.29 bits per heavy atom. The Morgan fingerprint density at radius 1 is 0.708 bits per heavy atom. The molecule has 0 atom stereocenters. The van der Waals surface area contributed by atoms with E-state index in [2.05, 4.69) is 21.3 Å². The summed E-state index contributed by atoms with van der Waals surface area (Å²) in [5.74, 6) is 1.06. The maximum Gasteiger partial charge on any atom is 0.314 e. The summed E-state index contributed by atoms with van der Waals surface area (Å²) >= 11 is 2.29. The lowest BCUT2D eigenvalue weighted by molar-refractivity contribution is 0.237. The molecule has 142 valence electrons. The van der Waals surface area contributed by atoms with Crippen molar-refractivity contribution in [3.05, 3.63) is 0 Å². The molecular weight excluding hydrogens is 399 g/mol. The molecule has 10 N–H and O–H groups in total. The molecular formula is C10H24Cl2N8O2S2. The normalized spacial score (nSPS) is 8.83. The number of amides is 4. The molecule has 0 spiro atoms. The lowest BCUT2D eigenvalue weighted by Crippen LogP contribution is -2.43. The van der Waals surface area contributed by atoms with Crippen LogP contribution in [-0.2, 0) is 0 Å². The van der Waals surface area contributed by atoms with Crippen LogP contribution in [0.5, 0.6) is 0 Å². The number of amidine groups is 2. The van der Waals surface area contributed by atoms with E-state index in [9.17, 15) is 9.59 Å². The van der Waals surface area contributed by atoms with Gasteiger partial charge in [0.05, 0.1) is 0 Å². The summed E-state index contributed by atoms with van der Waals surface area (Å²) < 4.78 is 0. The smallest absolute Gasteiger partial charge is 0.314 e. The average molecular weight is 423 g/mol. The van der Waals surface area contributed by atoms with Crippen LogP contribution in [0.25, 0.3) is 0 Å². The van der Waals surface area contributed by atoms with Gasteiger partial charge in [-0.25, -0.2) is 9.59 Å². The van der Waals surface area contributed by atoms with Gasteiger partial charge in [0.2, 0.25) is 0 Å². The van der Waals surface area contributed by atoms with Gasteiger partial charge in [0.1, 0.15) is 0 Å². The summed E-state index contributed by atoms with van der Waals surface area (Å²) in [4.78, 5) is 22.7. The van der Waals surface area contributed by atoms with Gasteiger partial charge in [0.25, 0.3) is 0 Å². The molecule has 0 radical (unpaired) electrons. The van der Waals surface area contributed by atoms with Crippen molar-refractivity contribution >= 4 is 70.7 Å². The number of nitrogens with one attached hydrogen (secondary N) is 6. The van der Waals surface area contributed by atoms with Crippen molar-refractivity contribution in [2.45, 2.75) is 0 Å². The van der Waals surface area contributed by atoms with Gasteiger partial charge in [-0.1, -0.05) is 23.5 Å². The van der Waals surface area contributed by atoms with Gasteiger partial charge in [-0.3, -0.25) is 10.8 Å². The van der Waals surface area contributed by atoms with Gasteiger partial charge in [-0.05, 0) is 0 Å². The van der Waals surface area contributed by atoms with Crippen molar-refractivity contribution in [1.82, 2.24) is 21.3 Å².